The summed E-state index contributed by atoms with van der Waals surface area (Å²) in [6.45, 7) is 7.08. The first-order chi connectivity index (χ1) is 29.4. The first-order valence-corrected chi connectivity index (χ1v) is 21.1. The number of anilines is 1. The number of fused-ring (bicyclic) bond motifs is 2. The van der Waals surface area contributed by atoms with Crippen LogP contribution >= 0.6 is 0 Å². The van der Waals surface area contributed by atoms with E-state index >= 15 is 4.39 Å². The average molecular weight is 824 g/mol. The Labute approximate surface area is 353 Å². The van der Waals surface area contributed by atoms with Gasteiger partial charge in [0, 0.05) is 94.1 Å². The monoisotopic (exact) mass is 823 g/mol. The van der Waals surface area contributed by atoms with Crippen molar-refractivity contribution in [3.05, 3.63) is 107 Å². The van der Waals surface area contributed by atoms with Gasteiger partial charge in [0.1, 0.15) is 11.7 Å². The number of amides is 4. The van der Waals surface area contributed by atoms with Crippen LogP contribution in [-0.2, 0) is 20.9 Å². The maximum atomic E-state index is 16.7. The second-order valence-electron chi connectivity index (χ2n) is 16.8. The fourth-order valence-corrected chi connectivity index (χ4v) is 9.49. The summed E-state index contributed by atoms with van der Waals surface area (Å²) in [6.07, 6.45) is 9.06. The highest BCUT2D eigenvalue weighted by Crippen LogP contribution is 2.41. The summed E-state index contributed by atoms with van der Waals surface area (Å²) >= 11 is 0. The number of piperidine rings is 2. The van der Waals surface area contributed by atoms with Gasteiger partial charge in [-0.25, -0.2) is 4.39 Å². The molecule has 1 atom stereocenters. The van der Waals surface area contributed by atoms with Crippen LogP contribution in [0.3, 0.4) is 0 Å². The van der Waals surface area contributed by atoms with E-state index in [2.05, 4.69) is 51.5 Å². The lowest BCUT2D eigenvalue weighted by Crippen LogP contribution is -2.42. The minimum Gasteiger partial charge on any atom is -0.371 e. The maximum Gasteiger partial charge on any atom is 0.269 e. The number of imide groups is 1. The Bertz CT molecular complexity index is 2740. The number of carbonyl (C=O) groups is 4. The predicted molar refractivity (Wildman–Crippen MR) is 233 cm³/mol. The van der Waals surface area contributed by atoms with Gasteiger partial charge in [0.2, 0.25) is 11.8 Å². The summed E-state index contributed by atoms with van der Waals surface area (Å²) in [5.41, 5.74) is 8.65. The number of nitrogens with zero attached hydrogens (tertiary/aromatic N) is 7. The number of carbonyl (C=O) groups excluding carboxylic acids is 4. The van der Waals surface area contributed by atoms with E-state index in [4.69, 9.17) is 5.10 Å². The van der Waals surface area contributed by atoms with E-state index in [1.807, 2.05) is 43.5 Å². The van der Waals surface area contributed by atoms with Crippen LogP contribution in [0.25, 0.3) is 38.5 Å². The van der Waals surface area contributed by atoms with E-state index in [1.165, 1.54) is 10.5 Å². The smallest absolute Gasteiger partial charge is 0.269 e. The maximum absolute atomic E-state index is 16.7. The van der Waals surface area contributed by atoms with Crippen LogP contribution in [-0.4, -0.2) is 98.2 Å². The first-order valence-electron chi connectivity index (χ1n) is 21.1. The van der Waals surface area contributed by atoms with Crippen LogP contribution in [0.1, 0.15) is 83.4 Å². The summed E-state index contributed by atoms with van der Waals surface area (Å²) in [7, 11) is 3.35. The Balaban J connectivity index is 0.975. The van der Waals surface area contributed by atoms with Crippen LogP contribution in [0.2, 0.25) is 0 Å². The lowest BCUT2D eigenvalue weighted by atomic mass is 9.85. The van der Waals surface area contributed by atoms with Gasteiger partial charge in [0.05, 0.1) is 16.7 Å². The van der Waals surface area contributed by atoms with Gasteiger partial charge in [-0.15, -0.1) is 0 Å². The van der Waals surface area contributed by atoms with Crippen LogP contribution in [0.4, 0.5) is 10.1 Å². The first kappa shape index (κ1) is 39.9. The Morgan fingerprint density at radius 1 is 0.951 bits per heavy atom. The Morgan fingerprint density at radius 3 is 2.51 bits per heavy atom. The van der Waals surface area contributed by atoms with E-state index in [0.717, 1.165) is 70.5 Å². The number of nitrogens with one attached hydrogen (secondary N) is 2. The second kappa shape index (κ2) is 16.1. The molecule has 13 nitrogen and oxygen atoms in total. The van der Waals surface area contributed by atoms with Crippen LogP contribution in [0, 0.1) is 19.7 Å². The zero-order valence-electron chi connectivity index (χ0n) is 35.0. The van der Waals surface area contributed by atoms with Crippen LogP contribution in [0.5, 0.6) is 0 Å². The molecular weight excluding hydrogens is 774 g/mol. The number of benzene rings is 3. The number of aromatic nitrogens is 5. The van der Waals surface area contributed by atoms with Crippen molar-refractivity contribution in [3.63, 3.8) is 0 Å². The van der Waals surface area contributed by atoms with Gasteiger partial charge in [-0.2, -0.15) is 10.2 Å². The van der Waals surface area contributed by atoms with Gasteiger partial charge < -0.3 is 19.7 Å². The minimum absolute atomic E-state index is 0.00752. The van der Waals surface area contributed by atoms with Gasteiger partial charge in [-0.1, -0.05) is 30.3 Å². The molecule has 3 aromatic carbocycles. The number of halogens is 1. The quantitative estimate of drug-likeness (QED) is 0.151. The Hall–Kier alpha value is -6.57. The van der Waals surface area contributed by atoms with E-state index in [0.29, 0.717) is 61.3 Å². The zero-order chi connectivity index (χ0) is 42.5. The molecule has 0 aliphatic carbocycles. The lowest BCUT2D eigenvalue weighted by Gasteiger charge is -2.34. The van der Waals surface area contributed by atoms with Crippen molar-refractivity contribution in [2.75, 3.05) is 45.2 Å². The molecule has 0 spiro atoms. The second-order valence-corrected chi connectivity index (χ2v) is 16.8. The molecule has 9 rings (SSSR count). The zero-order valence-corrected chi connectivity index (χ0v) is 35.0. The van der Waals surface area contributed by atoms with E-state index in [1.54, 1.807) is 40.6 Å². The summed E-state index contributed by atoms with van der Waals surface area (Å²) < 4.78 is 20.2. The Morgan fingerprint density at radius 2 is 1.77 bits per heavy atom. The van der Waals surface area contributed by atoms with Crippen molar-refractivity contribution in [2.24, 2.45) is 0 Å². The minimum atomic E-state index is -0.521. The Kier molecular flexibility index (Phi) is 10.5. The molecule has 14 heteroatoms. The molecule has 0 saturated carbocycles. The van der Waals surface area contributed by atoms with Crippen molar-refractivity contribution < 1.29 is 23.6 Å². The molecule has 6 aromatic rings. The molecule has 4 amide bonds. The highest BCUT2D eigenvalue weighted by atomic mass is 19.1. The molecule has 1 unspecified atom stereocenters. The van der Waals surface area contributed by atoms with Crippen molar-refractivity contribution in [1.82, 2.24) is 39.7 Å². The number of rotatable bonds is 9. The molecule has 2 fully saturated rings. The molecule has 0 radical (unpaired) electrons. The lowest BCUT2D eigenvalue weighted by molar-refractivity contribution is -0.136. The van der Waals surface area contributed by atoms with Crippen molar-refractivity contribution in [3.8, 4) is 11.1 Å². The fourth-order valence-electron chi connectivity index (χ4n) is 9.49. The van der Waals surface area contributed by atoms with Crippen molar-refractivity contribution in [2.45, 2.75) is 70.9 Å². The van der Waals surface area contributed by atoms with Crippen LogP contribution < -0.4 is 10.2 Å². The molecule has 0 bridgehead atoms. The topological polar surface area (TPSA) is 141 Å². The number of H-pyrrole nitrogens is 1. The molecule has 3 aliphatic rings. The van der Waals surface area contributed by atoms with E-state index in [-0.39, 0.29) is 35.7 Å². The van der Waals surface area contributed by atoms with Crippen molar-refractivity contribution >= 4 is 56.7 Å². The average Bonchev–Trinajstić information content (AvgIpc) is 4.03. The molecule has 2 saturated heterocycles. The largest absolute Gasteiger partial charge is 0.371 e. The standard InChI is InChI=1S/C47H50FN9O4/c1-28-24-31(30-15-21-54(22-16-30)38-9-5-10-39-43(38)29(2)52-57(39)40-13-14-41(58)51-46(40)60)11-12-33(28)35-25-34(44(48)45-36(35)26-37(50-45)47(61)53(3)4)32-8-6-19-55(27-32)42(59)17-23-56-20-7-18-49-56/h5,7-12,18,20,24-26,30,40,50H,6,13-17,19,21-23,27H2,1-4H3,(H,51,58,60). The molecule has 6 heterocycles. The molecule has 3 aromatic heterocycles. The van der Waals surface area contributed by atoms with Gasteiger partial charge in [-0.05, 0) is 104 Å². The van der Waals surface area contributed by atoms with Crippen molar-refractivity contribution in [1.29, 1.82) is 0 Å². The predicted octanol–water partition coefficient (Wildman–Crippen LogP) is 6.91. The molecule has 61 heavy (non-hydrogen) atoms. The normalized spacial score (nSPS) is 17.6. The molecule has 2 N–H and O–H groups in total. The van der Waals surface area contributed by atoms with Crippen LogP contribution in [0.15, 0.2) is 73.1 Å². The molecule has 3 aliphatic heterocycles. The third-order valence-corrected chi connectivity index (χ3v) is 12.7. The number of hydrogen-bond acceptors (Lipinski definition) is 7. The summed E-state index contributed by atoms with van der Waals surface area (Å²) in [6, 6.07) is 17.7. The molecule has 314 valence electrons. The SMILES string of the molecule is Cc1cc(C2CCN(c3cccc4c3c(C)nn4C3CCC(=O)NC3=O)CC2)ccc1-c1cc(C2=CCCN(C(=O)CCn3cccn3)C2)c(F)c2[nH]c(C(=O)N(C)C)cc12. The highest BCUT2D eigenvalue weighted by molar-refractivity contribution is 6.05. The number of hydrogen-bond donors (Lipinski definition) is 2. The number of aryl methyl sites for hydroxylation is 3. The third kappa shape index (κ3) is 7.48. The number of aromatic amines is 1. The third-order valence-electron chi connectivity index (χ3n) is 12.7. The summed E-state index contributed by atoms with van der Waals surface area (Å²) in [4.78, 5) is 59.9. The van der Waals surface area contributed by atoms with Gasteiger partial charge >= 0.3 is 0 Å². The van der Waals surface area contributed by atoms with E-state index in [9.17, 15) is 19.2 Å². The van der Waals surface area contributed by atoms with Gasteiger partial charge in [0.15, 0.2) is 5.82 Å². The fraction of sp³-hybridized carbons (Fsp3) is 0.362. The highest BCUT2D eigenvalue weighted by Gasteiger charge is 2.32. The van der Waals surface area contributed by atoms with Gasteiger partial charge in [-0.3, -0.25) is 33.9 Å². The molecular formula is C47H50FN9O4. The summed E-state index contributed by atoms with van der Waals surface area (Å²) in [5, 5.41) is 13.1. The summed E-state index contributed by atoms with van der Waals surface area (Å²) in [5.74, 6) is -0.919. The van der Waals surface area contributed by atoms with E-state index < -0.39 is 11.9 Å². The van der Waals surface area contributed by atoms with Gasteiger partial charge in [0.25, 0.3) is 11.8 Å².